The molecule has 80 valence electrons. The average molecular weight is 260 g/mol. The van der Waals surface area contributed by atoms with Gasteiger partial charge in [0.05, 0.1) is 6.26 Å². The van der Waals surface area contributed by atoms with E-state index in [1.165, 1.54) is 24.8 Å². The van der Waals surface area contributed by atoms with Crippen LogP contribution in [-0.2, 0) is 0 Å². The van der Waals surface area contributed by atoms with Crippen molar-refractivity contribution in [3.05, 3.63) is 22.6 Å². The Morgan fingerprint density at radius 3 is 2.79 bits per heavy atom. The molecule has 1 atom stereocenters. The third-order valence-corrected chi connectivity index (χ3v) is 2.96. The molecular formula is C11H18BrNO. The Hall–Kier alpha value is -0.280. The lowest BCUT2D eigenvalue weighted by Crippen LogP contribution is -2.20. The second kappa shape index (κ2) is 6.25. The van der Waals surface area contributed by atoms with Gasteiger partial charge < -0.3 is 9.73 Å². The summed E-state index contributed by atoms with van der Waals surface area (Å²) in [5, 5.41) is 3.47. The number of hydrogen-bond acceptors (Lipinski definition) is 2. The molecule has 0 fully saturated rings. The van der Waals surface area contributed by atoms with Crippen LogP contribution in [0, 0.1) is 0 Å². The first-order valence-electron chi connectivity index (χ1n) is 5.25. The molecule has 0 radical (unpaired) electrons. The van der Waals surface area contributed by atoms with Gasteiger partial charge >= 0.3 is 0 Å². The van der Waals surface area contributed by atoms with Gasteiger partial charge in [0, 0.05) is 11.6 Å². The summed E-state index contributed by atoms with van der Waals surface area (Å²) in [5.41, 5.74) is 1.24. The second-order valence-electron chi connectivity index (χ2n) is 3.40. The molecule has 0 aliphatic rings. The van der Waals surface area contributed by atoms with Gasteiger partial charge in [-0.1, -0.05) is 26.7 Å². The molecule has 0 aliphatic heterocycles. The SMILES string of the molecule is CCCCC(NCC)c1ccoc1Br. The van der Waals surface area contributed by atoms with Crippen molar-refractivity contribution in [1.29, 1.82) is 0 Å². The van der Waals surface area contributed by atoms with Gasteiger partial charge in [-0.05, 0) is 35.0 Å². The van der Waals surface area contributed by atoms with Crippen molar-refractivity contribution in [2.75, 3.05) is 6.54 Å². The molecule has 1 aromatic rings. The number of unbranched alkanes of at least 4 members (excludes halogenated alkanes) is 1. The summed E-state index contributed by atoms with van der Waals surface area (Å²) in [6.45, 7) is 5.34. The van der Waals surface area contributed by atoms with E-state index >= 15 is 0 Å². The molecule has 14 heavy (non-hydrogen) atoms. The van der Waals surface area contributed by atoms with Crippen molar-refractivity contribution in [2.24, 2.45) is 0 Å². The fourth-order valence-electron chi connectivity index (χ4n) is 1.58. The molecule has 0 saturated carbocycles. The minimum Gasteiger partial charge on any atom is -0.457 e. The van der Waals surface area contributed by atoms with Gasteiger partial charge in [0.15, 0.2) is 4.67 Å². The minimum absolute atomic E-state index is 0.424. The van der Waals surface area contributed by atoms with Crippen LogP contribution >= 0.6 is 15.9 Å². The molecule has 0 bridgehead atoms. The maximum atomic E-state index is 5.25. The number of halogens is 1. The molecular weight excluding hydrogens is 242 g/mol. The first-order chi connectivity index (χ1) is 6.79. The summed E-state index contributed by atoms with van der Waals surface area (Å²) in [6, 6.07) is 2.46. The number of rotatable bonds is 6. The van der Waals surface area contributed by atoms with Crippen molar-refractivity contribution in [2.45, 2.75) is 39.2 Å². The van der Waals surface area contributed by atoms with E-state index in [2.05, 4.69) is 35.1 Å². The molecule has 0 aromatic carbocycles. The summed E-state index contributed by atoms with van der Waals surface area (Å²) in [4.78, 5) is 0. The summed E-state index contributed by atoms with van der Waals surface area (Å²) in [5.74, 6) is 0. The highest BCUT2D eigenvalue weighted by molar-refractivity contribution is 9.10. The summed E-state index contributed by atoms with van der Waals surface area (Å²) < 4.78 is 6.11. The van der Waals surface area contributed by atoms with Crippen LogP contribution in [-0.4, -0.2) is 6.54 Å². The van der Waals surface area contributed by atoms with Gasteiger partial charge in [-0.25, -0.2) is 0 Å². The van der Waals surface area contributed by atoms with Crippen molar-refractivity contribution in [3.8, 4) is 0 Å². The van der Waals surface area contributed by atoms with Crippen LogP contribution in [0.25, 0.3) is 0 Å². The van der Waals surface area contributed by atoms with E-state index in [9.17, 15) is 0 Å². The number of hydrogen-bond donors (Lipinski definition) is 1. The standard InChI is InChI=1S/C11H18BrNO/c1-3-5-6-10(13-4-2)9-7-8-14-11(9)12/h7-8,10,13H,3-6H2,1-2H3. The zero-order valence-corrected chi connectivity index (χ0v) is 10.4. The maximum absolute atomic E-state index is 5.25. The lowest BCUT2D eigenvalue weighted by Gasteiger charge is -2.16. The van der Waals surface area contributed by atoms with E-state index in [0.717, 1.165) is 11.2 Å². The van der Waals surface area contributed by atoms with Gasteiger partial charge in [0.1, 0.15) is 0 Å². The van der Waals surface area contributed by atoms with E-state index in [4.69, 9.17) is 4.42 Å². The van der Waals surface area contributed by atoms with E-state index < -0.39 is 0 Å². The Labute approximate surface area is 94.2 Å². The molecule has 1 heterocycles. The Morgan fingerprint density at radius 1 is 1.50 bits per heavy atom. The van der Waals surface area contributed by atoms with Crippen LogP contribution in [0.15, 0.2) is 21.4 Å². The van der Waals surface area contributed by atoms with Crippen molar-refractivity contribution in [1.82, 2.24) is 5.32 Å². The molecule has 1 N–H and O–H groups in total. The van der Waals surface area contributed by atoms with Crippen LogP contribution < -0.4 is 5.32 Å². The fraction of sp³-hybridized carbons (Fsp3) is 0.636. The summed E-state index contributed by atoms with van der Waals surface area (Å²) >= 11 is 3.42. The predicted molar refractivity (Wildman–Crippen MR) is 62.4 cm³/mol. The van der Waals surface area contributed by atoms with Crippen LogP contribution in [0.3, 0.4) is 0 Å². The zero-order chi connectivity index (χ0) is 10.4. The predicted octanol–water partition coefficient (Wildman–Crippen LogP) is 3.88. The number of nitrogens with one attached hydrogen (secondary N) is 1. The fourth-order valence-corrected chi connectivity index (χ4v) is 2.09. The highest BCUT2D eigenvalue weighted by atomic mass is 79.9. The van der Waals surface area contributed by atoms with Gasteiger partial charge in [-0.2, -0.15) is 0 Å². The topological polar surface area (TPSA) is 25.2 Å². The number of furan rings is 1. The lowest BCUT2D eigenvalue weighted by molar-refractivity contribution is 0.475. The molecule has 1 rings (SSSR count). The summed E-state index contributed by atoms with van der Waals surface area (Å²) in [7, 11) is 0. The third-order valence-electron chi connectivity index (χ3n) is 2.32. The lowest BCUT2D eigenvalue weighted by atomic mass is 10.0. The normalized spacial score (nSPS) is 13.1. The minimum atomic E-state index is 0.424. The molecule has 0 aliphatic carbocycles. The molecule has 1 aromatic heterocycles. The highest BCUT2D eigenvalue weighted by Crippen LogP contribution is 2.27. The summed E-state index contributed by atoms with van der Waals surface area (Å²) in [6.07, 6.45) is 5.38. The molecule has 0 spiro atoms. The first-order valence-corrected chi connectivity index (χ1v) is 6.05. The molecule has 1 unspecified atom stereocenters. The highest BCUT2D eigenvalue weighted by Gasteiger charge is 2.14. The van der Waals surface area contributed by atoms with Crippen LogP contribution in [0.1, 0.15) is 44.7 Å². The van der Waals surface area contributed by atoms with Crippen molar-refractivity contribution in [3.63, 3.8) is 0 Å². The van der Waals surface area contributed by atoms with Crippen molar-refractivity contribution >= 4 is 15.9 Å². The van der Waals surface area contributed by atoms with Gasteiger partial charge in [-0.3, -0.25) is 0 Å². The largest absolute Gasteiger partial charge is 0.457 e. The van der Waals surface area contributed by atoms with E-state index in [1.807, 2.05) is 6.07 Å². The first kappa shape index (κ1) is 11.8. The molecule has 0 amide bonds. The Kier molecular flexibility index (Phi) is 5.26. The maximum Gasteiger partial charge on any atom is 0.173 e. The smallest absolute Gasteiger partial charge is 0.173 e. The van der Waals surface area contributed by atoms with Crippen molar-refractivity contribution < 1.29 is 4.42 Å². The van der Waals surface area contributed by atoms with E-state index in [0.29, 0.717) is 6.04 Å². The third kappa shape index (κ3) is 3.14. The second-order valence-corrected chi connectivity index (χ2v) is 4.12. The Balaban J connectivity index is 2.62. The van der Waals surface area contributed by atoms with E-state index in [-0.39, 0.29) is 0 Å². The van der Waals surface area contributed by atoms with Gasteiger partial charge in [0.25, 0.3) is 0 Å². The quantitative estimate of drug-likeness (QED) is 0.839. The van der Waals surface area contributed by atoms with Gasteiger partial charge in [0.2, 0.25) is 0 Å². The Morgan fingerprint density at radius 2 is 2.29 bits per heavy atom. The van der Waals surface area contributed by atoms with E-state index in [1.54, 1.807) is 6.26 Å². The van der Waals surface area contributed by atoms with Crippen LogP contribution in [0.5, 0.6) is 0 Å². The molecule has 3 heteroatoms. The molecule has 0 saturated heterocycles. The van der Waals surface area contributed by atoms with Gasteiger partial charge in [-0.15, -0.1) is 0 Å². The molecule has 2 nitrogen and oxygen atoms in total. The average Bonchev–Trinajstić information content (AvgIpc) is 2.59. The zero-order valence-electron chi connectivity index (χ0n) is 8.85. The Bertz CT molecular complexity index is 260. The van der Waals surface area contributed by atoms with Crippen LogP contribution in [0.2, 0.25) is 0 Å². The van der Waals surface area contributed by atoms with Crippen LogP contribution in [0.4, 0.5) is 0 Å². The monoisotopic (exact) mass is 259 g/mol.